The number of imidazole rings is 1. The van der Waals surface area contributed by atoms with Crippen molar-refractivity contribution in [3.63, 3.8) is 0 Å². The normalized spacial score (nSPS) is 18.9. The molecule has 44 heavy (non-hydrogen) atoms. The standard InChI is InChI=1S/C35H39N3O6/c1-2-43-35-27(14-16-41-18-19-42-17-15-39)29(26-11-7-10-25-24-9-4-3-8-23(24)20-28(25)26)21-32(44-35)34(40)36-22-33-37-30-12-5-6-13-31(30)38-33/h3-13,21,27,29,35,39H,2,14-20,22H2,1H3,(H,36,40)(H,37,38)/t27-,29+,35+/m1/s1. The van der Waals surface area contributed by atoms with Gasteiger partial charge in [0.15, 0.2) is 5.76 Å². The summed E-state index contributed by atoms with van der Waals surface area (Å²) in [5, 5.41) is 11.9. The van der Waals surface area contributed by atoms with Gasteiger partial charge < -0.3 is 34.4 Å². The smallest absolute Gasteiger partial charge is 0.286 e. The summed E-state index contributed by atoms with van der Waals surface area (Å²) in [7, 11) is 0. The summed E-state index contributed by atoms with van der Waals surface area (Å²) in [6.07, 6.45) is 2.83. The van der Waals surface area contributed by atoms with Gasteiger partial charge in [0.2, 0.25) is 6.29 Å². The molecule has 2 aliphatic rings. The number of amides is 1. The lowest BCUT2D eigenvalue weighted by atomic mass is 9.78. The number of H-pyrrole nitrogens is 1. The van der Waals surface area contributed by atoms with E-state index in [1.54, 1.807) is 0 Å². The zero-order valence-electron chi connectivity index (χ0n) is 25.0. The van der Waals surface area contributed by atoms with Crippen molar-refractivity contribution in [1.29, 1.82) is 0 Å². The number of nitrogens with zero attached hydrogens (tertiary/aromatic N) is 1. The molecule has 2 heterocycles. The molecule has 3 N–H and O–H groups in total. The van der Waals surface area contributed by atoms with Gasteiger partial charge in [-0.2, -0.15) is 0 Å². The van der Waals surface area contributed by atoms with Crippen LogP contribution in [0.2, 0.25) is 0 Å². The lowest BCUT2D eigenvalue weighted by Crippen LogP contribution is -2.39. The average molecular weight is 598 g/mol. The van der Waals surface area contributed by atoms with Crippen LogP contribution in [0.25, 0.3) is 22.2 Å². The van der Waals surface area contributed by atoms with Crippen LogP contribution in [0.15, 0.2) is 78.6 Å². The number of carbonyl (C=O) groups is 1. The van der Waals surface area contributed by atoms with Crippen LogP contribution in [-0.2, 0) is 36.7 Å². The van der Waals surface area contributed by atoms with Crippen molar-refractivity contribution in [3.8, 4) is 11.1 Å². The maximum atomic E-state index is 13.6. The van der Waals surface area contributed by atoms with Gasteiger partial charge in [0.25, 0.3) is 5.91 Å². The van der Waals surface area contributed by atoms with Crippen molar-refractivity contribution in [3.05, 3.63) is 101 Å². The lowest BCUT2D eigenvalue weighted by molar-refractivity contribution is -0.168. The number of hydrogen-bond acceptors (Lipinski definition) is 7. The molecule has 6 rings (SSSR count). The second-order valence-corrected chi connectivity index (χ2v) is 11.0. The monoisotopic (exact) mass is 597 g/mol. The van der Waals surface area contributed by atoms with E-state index in [0.717, 1.165) is 17.5 Å². The van der Waals surface area contributed by atoms with E-state index in [1.807, 2.05) is 37.3 Å². The molecule has 0 spiro atoms. The fourth-order valence-electron chi connectivity index (χ4n) is 6.24. The van der Waals surface area contributed by atoms with Crippen LogP contribution < -0.4 is 5.32 Å². The van der Waals surface area contributed by atoms with Crippen LogP contribution in [0, 0.1) is 5.92 Å². The maximum Gasteiger partial charge on any atom is 0.286 e. The van der Waals surface area contributed by atoms with Crippen LogP contribution >= 0.6 is 0 Å². The van der Waals surface area contributed by atoms with Crippen molar-refractivity contribution in [2.24, 2.45) is 5.92 Å². The second-order valence-electron chi connectivity index (χ2n) is 11.0. The minimum atomic E-state index is -0.629. The highest BCUT2D eigenvalue weighted by atomic mass is 16.7. The molecule has 0 saturated carbocycles. The van der Waals surface area contributed by atoms with Crippen LogP contribution in [0.4, 0.5) is 0 Å². The molecule has 0 radical (unpaired) electrons. The molecule has 0 saturated heterocycles. The first-order valence-electron chi connectivity index (χ1n) is 15.3. The number of aliphatic hydroxyl groups is 1. The third kappa shape index (κ3) is 6.56. The number of aromatic nitrogens is 2. The molecule has 1 aliphatic carbocycles. The van der Waals surface area contributed by atoms with Crippen molar-refractivity contribution in [2.45, 2.75) is 38.5 Å². The van der Waals surface area contributed by atoms with Crippen LogP contribution in [-0.4, -0.2) is 66.9 Å². The molecule has 0 fully saturated rings. The number of aromatic amines is 1. The minimum absolute atomic E-state index is 0.0110. The molecule has 9 heteroatoms. The Bertz CT molecular complexity index is 1580. The van der Waals surface area contributed by atoms with Crippen molar-refractivity contribution in [1.82, 2.24) is 15.3 Å². The highest BCUT2D eigenvalue weighted by molar-refractivity contribution is 5.92. The van der Waals surface area contributed by atoms with Gasteiger partial charge in [0.05, 0.1) is 44.0 Å². The minimum Gasteiger partial charge on any atom is -0.459 e. The number of para-hydroxylation sites is 2. The fourth-order valence-corrected chi connectivity index (χ4v) is 6.24. The molecule has 4 aromatic rings. The first-order chi connectivity index (χ1) is 21.7. The zero-order valence-corrected chi connectivity index (χ0v) is 25.0. The van der Waals surface area contributed by atoms with E-state index in [1.165, 1.54) is 27.8 Å². The van der Waals surface area contributed by atoms with E-state index in [9.17, 15) is 4.79 Å². The Labute approximate surface area is 257 Å². The highest BCUT2D eigenvalue weighted by Gasteiger charge is 2.39. The Morgan fingerprint density at radius 3 is 2.64 bits per heavy atom. The van der Waals surface area contributed by atoms with Crippen LogP contribution in [0.5, 0.6) is 0 Å². The van der Waals surface area contributed by atoms with Crippen LogP contribution in [0.1, 0.15) is 41.8 Å². The topological polar surface area (TPSA) is 115 Å². The van der Waals surface area contributed by atoms with Gasteiger partial charge in [0, 0.05) is 25.0 Å². The summed E-state index contributed by atoms with van der Waals surface area (Å²) < 4.78 is 23.7. The number of carbonyl (C=O) groups excluding carboxylic acids is 1. The predicted molar refractivity (Wildman–Crippen MR) is 167 cm³/mol. The van der Waals surface area contributed by atoms with Crippen molar-refractivity contribution in [2.75, 3.05) is 39.6 Å². The molecule has 0 bridgehead atoms. The first-order valence-corrected chi connectivity index (χ1v) is 15.3. The van der Waals surface area contributed by atoms with Gasteiger partial charge >= 0.3 is 0 Å². The molecule has 9 nitrogen and oxygen atoms in total. The fraction of sp³-hybridized carbons (Fsp3) is 0.371. The molecule has 1 amide bonds. The summed E-state index contributed by atoms with van der Waals surface area (Å²) >= 11 is 0. The molecule has 1 aromatic heterocycles. The number of ether oxygens (including phenoxy) is 4. The lowest BCUT2D eigenvalue weighted by Gasteiger charge is -2.37. The zero-order chi connectivity index (χ0) is 30.3. The van der Waals surface area contributed by atoms with Crippen molar-refractivity contribution >= 4 is 16.9 Å². The van der Waals surface area contributed by atoms with E-state index < -0.39 is 6.29 Å². The number of nitrogens with one attached hydrogen (secondary N) is 2. The largest absolute Gasteiger partial charge is 0.459 e. The SMILES string of the molecule is CCO[C@H]1OC(C(=O)NCc2nc3ccccc3[nH]2)=C[C@@H](c2cccc3c2Cc2ccccc2-3)[C@H]1CCOCCOCCO. The predicted octanol–water partition coefficient (Wildman–Crippen LogP) is 4.84. The van der Waals surface area contributed by atoms with E-state index in [-0.39, 0.29) is 36.7 Å². The van der Waals surface area contributed by atoms with E-state index >= 15 is 0 Å². The number of aliphatic hydroxyl groups excluding tert-OH is 1. The number of hydrogen-bond donors (Lipinski definition) is 3. The van der Waals surface area contributed by atoms with Gasteiger partial charge in [-0.05, 0) is 65.8 Å². The van der Waals surface area contributed by atoms with Gasteiger partial charge in [-0.15, -0.1) is 0 Å². The molecule has 3 aromatic carbocycles. The first kappa shape index (κ1) is 30.0. The number of allylic oxidation sites excluding steroid dienone is 1. The molecule has 0 unspecified atom stereocenters. The molecule has 3 atom stereocenters. The van der Waals surface area contributed by atoms with Gasteiger partial charge in [-0.3, -0.25) is 4.79 Å². The van der Waals surface area contributed by atoms with Gasteiger partial charge in [-0.25, -0.2) is 4.98 Å². The number of rotatable bonds is 14. The number of fused-ring (bicyclic) bond motifs is 4. The quantitative estimate of drug-likeness (QED) is 0.157. The molecular weight excluding hydrogens is 558 g/mol. The number of benzene rings is 3. The molecule has 230 valence electrons. The Morgan fingerprint density at radius 1 is 1.00 bits per heavy atom. The summed E-state index contributed by atoms with van der Waals surface area (Å²) in [5.41, 5.74) is 8.02. The van der Waals surface area contributed by atoms with Gasteiger partial charge in [0.1, 0.15) is 5.82 Å². The highest BCUT2D eigenvalue weighted by Crippen LogP contribution is 2.45. The van der Waals surface area contributed by atoms with E-state index in [4.69, 9.17) is 24.1 Å². The Morgan fingerprint density at radius 2 is 1.80 bits per heavy atom. The van der Waals surface area contributed by atoms with Gasteiger partial charge in [-0.1, -0.05) is 54.6 Å². The van der Waals surface area contributed by atoms with E-state index in [0.29, 0.717) is 45.3 Å². The Hall–Kier alpha value is -4.02. The van der Waals surface area contributed by atoms with Crippen LogP contribution in [0.3, 0.4) is 0 Å². The summed E-state index contributed by atoms with van der Waals surface area (Å²) in [6, 6.07) is 22.7. The maximum absolute atomic E-state index is 13.6. The average Bonchev–Trinajstić information content (AvgIpc) is 3.65. The summed E-state index contributed by atoms with van der Waals surface area (Å²) in [6.45, 7) is 4.22. The summed E-state index contributed by atoms with van der Waals surface area (Å²) in [5.74, 6) is 0.380. The molecular formula is C35H39N3O6. The third-order valence-corrected chi connectivity index (χ3v) is 8.24. The third-order valence-electron chi connectivity index (χ3n) is 8.24. The Kier molecular flexibility index (Phi) is 9.67. The van der Waals surface area contributed by atoms with E-state index in [2.05, 4.69) is 57.7 Å². The molecule has 1 aliphatic heterocycles. The summed E-state index contributed by atoms with van der Waals surface area (Å²) in [4.78, 5) is 21.4. The Balaban J connectivity index is 1.26. The van der Waals surface area contributed by atoms with Crippen molar-refractivity contribution < 1.29 is 28.8 Å². The second kappa shape index (κ2) is 14.2.